The summed E-state index contributed by atoms with van der Waals surface area (Å²) >= 11 is 0. The lowest BCUT2D eigenvalue weighted by molar-refractivity contribution is 0.601. The van der Waals surface area contributed by atoms with Gasteiger partial charge < -0.3 is 10.3 Å². The van der Waals surface area contributed by atoms with Crippen molar-refractivity contribution in [3.05, 3.63) is 46.6 Å². The molecule has 0 fully saturated rings. The molecule has 0 saturated heterocycles. The zero-order chi connectivity index (χ0) is 12.3. The highest BCUT2D eigenvalue weighted by Gasteiger charge is 2.03. The monoisotopic (exact) mass is 234 g/mol. The molecule has 1 heterocycles. The van der Waals surface area contributed by atoms with Gasteiger partial charge in [0.05, 0.1) is 0 Å². The van der Waals surface area contributed by atoms with Gasteiger partial charge in [-0.1, -0.05) is 0 Å². The third-order valence-electron chi connectivity index (χ3n) is 2.79. The molecule has 2 rings (SSSR count). The Hall–Kier alpha value is -1.68. The highest BCUT2D eigenvalue weighted by atomic mass is 19.1. The fourth-order valence-corrected chi connectivity index (χ4v) is 1.86. The maximum Gasteiger partial charge on any atom is 0.258 e. The Morgan fingerprint density at radius 1 is 1.24 bits per heavy atom. The van der Waals surface area contributed by atoms with Crippen LogP contribution in [0.5, 0.6) is 0 Å². The van der Waals surface area contributed by atoms with Crippen LogP contribution in [0.4, 0.5) is 4.39 Å². The summed E-state index contributed by atoms with van der Waals surface area (Å²) in [5.41, 5.74) is 5.34. The molecule has 0 atom stereocenters. The zero-order valence-electron chi connectivity index (χ0n) is 9.53. The molecule has 0 amide bonds. The lowest BCUT2D eigenvalue weighted by atomic mass is 10.1. The van der Waals surface area contributed by atoms with Gasteiger partial charge in [-0.2, -0.15) is 0 Å². The van der Waals surface area contributed by atoms with Crippen molar-refractivity contribution in [1.82, 2.24) is 4.57 Å². The van der Waals surface area contributed by atoms with Crippen LogP contribution in [0.15, 0.2) is 35.3 Å². The lowest BCUT2D eigenvalue weighted by Gasteiger charge is -2.06. The summed E-state index contributed by atoms with van der Waals surface area (Å²) in [5.74, 6) is -0.321. The summed E-state index contributed by atoms with van der Waals surface area (Å²) in [5, 5.41) is 1.20. The van der Waals surface area contributed by atoms with E-state index in [0.717, 1.165) is 12.8 Å². The number of rotatable bonds is 4. The second-order valence-electron chi connectivity index (χ2n) is 4.04. The number of hydrogen-bond donors (Lipinski definition) is 1. The smallest absolute Gasteiger partial charge is 0.258 e. The average molecular weight is 234 g/mol. The van der Waals surface area contributed by atoms with Gasteiger partial charge in [-0.15, -0.1) is 0 Å². The first kappa shape index (κ1) is 11.8. The Labute approximate surface area is 98.7 Å². The number of aromatic nitrogens is 1. The summed E-state index contributed by atoms with van der Waals surface area (Å²) in [6.07, 6.45) is 3.48. The van der Waals surface area contributed by atoms with Crippen LogP contribution in [-0.2, 0) is 6.54 Å². The standard InChI is InChI=1S/C13H15FN2O/c14-11-3-4-12-10(9-11)5-8-16(13(12)17)7-2-1-6-15/h3-5,8-9H,1-2,6-7,15H2. The maximum absolute atomic E-state index is 13.0. The molecule has 0 saturated carbocycles. The molecule has 0 spiro atoms. The number of nitrogens with zero attached hydrogens (tertiary/aromatic N) is 1. The number of benzene rings is 1. The molecule has 1 aromatic carbocycles. The lowest BCUT2D eigenvalue weighted by Crippen LogP contribution is -2.20. The fraction of sp³-hybridized carbons (Fsp3) is 0.308. The minimum Gasteiger partial charge on any atom is -0.330 e. The molecule has 17 heavy (non-hydrogen) atoms. The summed E-state index contributed by atoms with van der Waals surface area (Å²) in [4.78, 5) is 12.0. The largest absolute Gasteiger partial charge is 0.330 e. The summed E-state index contributed by atoms with van der Waals surface area (Å²) in [6, 6.07) is 5.99. The summed E-state index contributed by atoms with van der Waals surface area (Å²) in [6.45, 7) is 1.29. The van der Waals surface area contributed by atoms with E-state index in [0.29, 0.717) is 23.9 Å². The second-order valence-corrected chi connectivity index (χ2v) is 4.04. The van der Waals surface area contributed by atoms with E-state index in [9.17, 15) is 9.18 Å². The predicted octanol–water partition coefficient (Wildman–Crippen LogP) is 1.88. The number of fused-ring (bicyclic) bond motifs is 1. The Morgan fingerprint density at radius 2 is 2.06 bits per heavy atom. The first-order valence-electron chi connectivity index (χ1n) is 5.71. The molecule has 0 aliphatic rings. The molecular formula is C13H15FN2O. The van der Waals surface area contributed by atoms with Crippen molar-refractivity contribution >= 4 is 10.8 Å². The van der Waals surface area contributed by atoms with Gasteiger partial charge in [-0.05, 0) is 49.0 Å². The molecule has 0 radical (unpaired) electrons. The van der Waals surface area contributed by atoms with Gasteiger partial charge in [0, 0.05) is 18.1 Å². The van der Waals surface area contributed by atoms with E-state index >= 15 is 0 Å². The van der Waals surface area contributed by atoms with Crippen molar-refractivity contribution < 1.29 is 4.39 Å². The Kier molecular flexibility index (Phi) is 3.54. The summed E-state index contributed by atoms with van der Waals surface area (Å²) < 4.78 is 14.6. The van der Waals surface area contributed by atoms with Crippen LogP contribution in [-0.4, -0.2) is 11.1 Å². The van der Waals surface area contributed by atoms with Gasteiger partial charge in [-0.25, -0.2) is 4.39 Å². The first-order chi connectivity index (χ1) is 8.22. The predicted molar refractivity (Wildman–Crippen MR) is 66.5 cm³/mol. The molecule has 0 aliphatic heterocycles. The quantitative estimate of drug-likeness (QED) is 0.821. The minimum absolute atomic E-state index is 0.0699. The van der Waals surface area contributed by atoms with Crippen LogP contribution in [0.3, 0.4) is 0 Å². The van der Waals surface area contributed by atoms with Crippen molar-refractivity contribution in [3.8, 4) is 0 Å². The van der Waals surface area contributed by atoms with Gasteiger partial charge in [-0.3, -0.25) is 4.79 Å². The molecule has 3 nitrogen and oxygen atoms in total. The maximum atomic E-state index is 13.0. The van der Waals surface area contributed by atoms with Crippen molar-refractivity contribution in [1.29, 1.82) is 0 Å². The Balaban J connectivity index is 2.37. The van der Waals surface area contributed by atoms with Gasteiger partial charge in [0.2, 0.25) is 0 Å². The Bertz CT molecular complexity index is 577. The fourth-order valence-electron chi connectivity index (χ4n) is 1.86. The van der Waals surface area contributed by atoms with Gasteiger partial charge in [0.25, 0.3) is 5.56 Å². The SMILES string of the molecule is NCCCCn1ccc2cc(F)ccc2c1=O. The first-order valence-corrected chi connectivity index (χ1v) is 5.71. The molecule has 4 heteroatoms. The van der Waals surface area contributed by atoms with E-state index in [-0.39, 0.29) is 11.4 Å². The van der Waals surface area contributed by atoms with Gasteiger partial charge in [0.1, 0.15) is 5.82 Å². The van der Waals surface area contributed by atoms with Gasteiger partial charge >= 0.3 is 0 Å². The topological polar surface area (TPSA) is 48.0 Å². The van der Waals surface area contributed by atoms with Crippen LogP contribution in [0.25, 0.3) is 10.8 Å². The van der Waals surface area contributed by atoms with E-state index in [1.807, 2.05) is 0 Å². The van der Waals surface area contributed by atoms with Crippen molar-refractivity contribution in [3.63, 3.8) is 0 Å². The minimum atomic E-state index is -0.321. The third kappa shape index (κ3) is 2.53. The van der Waals surface area contributed by atoms with Crippen LogP contribution in [0, 0.1) is 5.82 Å². The number of aryl methyl sites for hydroxylation is 1. The van der Waals surface area contributed by atoms with Crippen LogP contribution in [0.2, 0.25) is 0 Å². The molecule has 0 unspecified atom stereocenters. The number of hydrogen-bond acceptors (Lipinski definition) is 2. The third-order valence-corrected chi connectivity index (χ3v) is 2.79. The number of pyridine rings is 1. The summed E-state index contributed by atoms with van der Waals surface area (Å²) in [7, 11) is 0. The molecular weight excluding hydrogens is 219 g/mol. The molecule has 0 bridgehead atoms. The molecule has 2 aromatic rings. The second kappa shape index (κ2) is 5.10. The number of unbranched alkanes of at least 4 members (excludes halogenated alkanes) is 1. The number of nitrogens with two attached hydrogens (primary N) is 1. The highest BCUT2D eigenvalue weighted by Crippen LogP contribution is 2.11. The molecule has 1 aromatic heterocycles. The zero-order valence-corrected chi connectivity index (χ0v) is 9.53. The van der Waals surface area contributed by atoms with E-state index in [2.05, 4.69) is 0 Å². The number of halogens is 1. The van der Waals surface area contributed by atoms with Crippen LogP contribution in [0.1, 0.15) is 12.8 Å². The highest BCUT2D eigenvalue weighted by molar-refractivity contribution is 5.81. The van der Waals surface area contributed by atoms with E-state index < -0.39 is 0 Å². The van der Waals surface area contributed by atoms with Crippen molar-refractivity contribution in [2.75, 3.05) is 6.54 Å². The normalized spacial score (nSPS) is 10.9. The average Bonchev–Trinajstić information content (AvgIpc) is 2.32. The van der Waals surface area contributed by atoms with E-state index in [4.69, 9.17) is 5.73 Å². The van der Waals surface area contributed by atoms with E-state index in [1.165, 1.54) is 18.2 Å². The molecule has 0 aliphatic carbocycles. The molecule has 90 valence electrons. The van der Waals surface area contributed by atoms with Crippen LogP contribution < -0.4 is 11.3 Å². The van der Waals surface area contributed by atoms with Crippen LogP contribution >= 0.6 is 0 Å². The van der Waals surface area contributed by atoms with Crippen molar-refractivity contribution in [2.24, 2.45) is 5.73 Å². The van der Waals surface area contributed by atoms with Crippen molar-refractivity contribution in [2.45, 2.75) is 19.4 Å². The van der Waals surface area contributed by atoms with Gasteiger partial charge in [0.15, 0.2) is 0 Å². The Morgan fingerprint density at radius 3 is 2.82 bits per heavy atom. The van der Waals surface area contributed by atoms with E-state index in [1.54, 1.807) is 16.8 Å². The molecule has 2 N–H and O–H groups in total.